The Balaban J connectivity index is 0.000000381. The van der Waals surface area contributed by atoms with E-state index in [-0.39, 0.29) is 74.9 Å². The lowest BCUT2D eigenvalue weighted by atomic mass is 9.83. The number of carbonyl (C=O) groups is 10. The van der Waals surface area contributed by atoms with Gasteiger partial charge in [0.15, 0.2) is 0 Å². The second-order valence-corrected chi connectivity index (χ2v) is 22.8. The topological polar surface area (TPSA) is 357 Å². The molecule has 4 bridgehead atoms. The third-order valence-corrected chi connectivity index (χ3v) is 10.8. The minimum absolute atomic E-state index is 0.0234. The molecule has 0 saturated carbocycles. The number of hydrogen-bond acceptors (Lipinski definition) is 23. The molecule has 0 spiro atoms. The van der Waals surface area contributed by atoms with Gasteiger partial charge in [0.1, 0.15) is 64.3 Å². The lowest BCUT2D eigenvalue weighted by molar-refractivity contribution is -0.159. The van der Waals surface area contributed by atoms with Gasteiger partial charge in [0.05, 0.1) is 50.1 Å². The minimum atomic E-state index is -0.922. The number of fused-ring (bicyclic) bond motifs is 7. The molecule has 0 aromatic carbocycles. The summed E-state index contributed by atoms with van der Waals surface area (Å²) in [5.74, 6) is -5.74. The number of furan rings is 1. The van der Waals surface area contributed by atoms with Gasteiger partial charge in [-0.15, -0.1) is 0 Å². The fraction of sp³-hybridized carbons (Fsp3) is 0.561. The molecule has 8 atom stereocenters. The molecule has 4 amide bonds. The summed E-state index contributed by atoms with van der Waals surface area (Å²) in [5, 5.41) is 18.7. The predicted molar refractivity (Wildman–Crippen MR) is 295 cm³/mol. The molecule has 27 heteroatoms. The summed E-state index contributed by atoms with van der Waals surface area (Å²) in [5.41, 5.74) is -2.19. The number of carbonyl (C=O) groups excluding carboxylic acids is 10. The van der Waals surface area contributed by atoms with Crippen LogP contribution in [0, 0.1) is 23.7 Å². The Morgan fingerprint density at radius 3 is 1.44 bits per heavy atom. The van der Waals surface area contributed by atoms with Gasteiger partial charge in [0, 0.05) is 30.9 Å². The number of cyclic esters (lactones) is 4. The van der Waals surface area contributed by atoms with E-state index < -0.39 is 107 Å². The average Bonchev–Trinajstić information content (AvgIpc) is 2.49. The molecule has 7 rings (SSSR count). The fourth-order valence-electron chi connectivity index (χ4n) is 7.70. The fourth-order valence-corrected chi connectivity index (χ4v) is 7.70. The van der Waals surface area contributed by atoms with Crippen molar-refractivity contribution >= 4 is 66.0 Å². The molecular formula is C57H79N5O22. The normalized spacial score (nSPS) is 22.0. The van der Waals surface area contributed by atoms with Gasteiger partial charge in [-0.2, -0.15) is 4.99 Å². The molecule has 1 aromatic heterocycles. The van der Waals surface area contributed by atoms with Crippen molar-refractivity contribution in [3.05, 3.63) is 85.8 Å². The zero-order valence-electron chi connectivity index (χ0n) is 49.4. The van der Waals surface area contributed by atoms with E-state index in [9.17, 15) is 47.9 Å². The number of nitrogens with zero attached hydrogens (tertiary/aromatic N) is 1. The number of esters is 6. The molecule has 5 N–H and O–H groups in total. The van der Waals surface area contributed by atoms with E-state index in [0.29, 0.717) is 18.5 Å². The van der Waals surface area contributed by atoms with Crippen molar-refractivity contribution in [2.24, 2.45) is 28.7 Å². The maximum Gasteiger partial charge on any atom is 0.435 e. The van der Waals surface area contributed by atoms with Crippen LogP contribution < -0.4 is 21.3 Å². The quantitative estimate of drug-likeness (QED) is 0.0248. The number of nitrogens with one attached hydrogen (secondary N) is 4. The lowest BCUT2D eigenvalue weighted by Crippen LogP contribution is -2.40. The monoisotopic (exact) mass is 1190 g/mol. The molecule has 1 aromatic rings. The Morgan fingerprint density at radius 2 is 1.01 bits per heavy atom. The highest BCUT2D eigenvalue weighted by Gasteiger charge is 2.59. The summed E-state index contributed by atoms with van der Waals surface area (Å²) < 4.78 is 55.6. The molecule has 27 nitrogen and oxygen atoms in total. The number of aliphatic imine (C=N–C) groups is 1. The van der Waals surface area contributed by atoms with Crippen LogP contribution in [0.25, 0.3) is 0 Å². The van der Waals surface area contributed by atoms with E-state index in [0.717, 1.165) is 12.2 Å². The van der Waals surface area contributed by atoms with Crippen molar-refractivity contribution in [1.29, 1.82) is 0 Å². The predicted octanol–water partition coefficient (Wildman–Crippen LogP) is 6.21. The second-order valence-electron chi connectivity index (χ2n) is 22.8. The van der Waals surface area contributed by atoms with Gasteiger partial charge < -0.3 is 62.2 Å². The van der Waals surface area contributed by atoms with Gasteiger partial charge in [0.25, 0.3) is 0 Å². The second kappa shape index (κ2) is 32.0. The summed E-state index contributed by atoms with van der Waals surface area (Å²) in [6, 6.07) is 3.67. The minimum Gasteiger partial charge on any atom is -0.473 e. The van der Waals surface area contributed by atoms with Gasteiger partial charge in [-0.05, 0) is 114 Å². The van der Waals surface area contributed by atoms with E-state index in [1.54, 1.807) is 108 Å². The van der Waals surface area contributed by atoms with Crippen molar-refractivity contribution in [3.8, 4) is 0 Å². The molecule has 84 heavy (non-hydrogen) atoms. The number of ether oxygens (including phenoxy) is 10. The SMILES string of the molecule is C=C(CCCO)NC(=O)OC(C)(C)C.C=C(NCCOC(=O)C1C2C=CC(O2)C1C(=O)OCCCC(=NC(=O)OC(C)(C)C)NC(=O)OC(C)(C)C)NC(=O)OC(C)(C)C.O=C1C=CC(=O)O1.O=C1OC(=O)C2C3C=CC(O3)C12.c1ccoc1. The summed E-state index contributed by atoms with van der Waals surface area (Å²) in [7, 11) is 0. The number of aliphatic hydroxyl groups excluding tert-OH is 1. The summed E-state index contributed by atoms with van der Waals surface area (Å²) >= 11 is 0. The van der Waals surface area contributed by atoms with Crippen LogP contribution in [-0.4, -0.2) is 144 Å². The first-order chi connectivity index (χ1) is 39.0. The Kier molecular flexibility index (Phi) is 26.7. The number of amidine groups is 1. The van der Waals surface area contributed by atoms with E-state index in [2.05, 4.69) is 53.3 Å². The summed E-state index contributed by atoms with van der Waals surface area (Å²) in [6.07, 6.45) is 9.23. The van der Waals surface area contributed by atoms with Gasteiger partial charge in [-0.1, -0.05) is 37.5 Å². The number of alkyl carbamates (subject to hydrolysis) is 3. The zero-order valence-corrected chi connectivity index (χ0v) is 49.4. The summed E-state index contributed by atoms with van der Waals surface area (Å²) in [6.45, 7) is 28.0. The van der Waals surface area contributed by atoms with Crippen molar-refractivity contribution < 1.29 is 105 Å². The number of rotatable bonds is 15. The third kappa shape index (κ3) is 26.4. The lowest BCUT2D eigenvalue weighted by Gasteiger charge is -2.23. The Hall–Kier alpha value is -8.17. The number of aliphatic hydroxyl groups is 1. The van der Waals surface area contributed by atoms with Crippen molar-refractivity contribution in [3.63, 3.8) is 0 Å². The van der Waals surface area contributed by atoms with Crippen LogP contribution in [0.2, 0.25) is 0 Å². The van der Waals surface area contributed by atoms with Crippen LogP contribution >= 0.6 is 0 Å². The third-order valence-electron chi connectivity index (χ3n) is 10.8. The molecule has 8 unspecified atom stereocenters. The van der Waals surface area contributed by atoms with Gasteiger partial charge >= 0.3 is 60.2 Å². The Morgan fingerprint density at radius 1 is 0.571 bits per heavy atom. The van der Waals surface area contributed by atoms with Crippen LogP contribution in [0.3, 0.4) is 0 Å². The number of allylic oxidation sites excluding steroid dienone is 1. The van der Waals surface area contributed by atoms with E-state index in [1.807, 2.05) is 24.3 Å². The first-order valence-corrected chi connectivity index (χ1v) is 26.7. The summed E-state index contributed by atoms with van der Waals surface area (Å²) in [4.78, 5) is 119. The van der Waals surface area contributed by atoms with Gasteiger partial charge in [0.2, 0.25) is 0 Å². The molecule has 0 radical (unpaired) electrons. The smallest absolute Gasteiger partial charge is 0.435 e. The van der Waals surface area contributed by atoms with E-state index >= 15 is 0 Å². The van der Waals surface area contributed by atoms with Crippen LogP contribution in [0.4, 0.5) is 19.2 Å². The highest BCUT2D eigenvalue weighted by atomic mass is 16.6. The first kappa shape index (κ1) is 70.1. The van der Waals surface area contributed by atoms with Crippen LogP contribution in [-0.2, 0) is 76.1 Å². The standard InChI is InChI=1S/C31H48N4O11.C10H19NO3.C8H6O4.C4H2O3.C4H4O/c1-18(33-26(38)44-29(2,3)4)32-15-17-42-25(37)23-20-14-13-19(43-20)22(23)24(36)41-16-11-12-21(34-27(39)45-30(5,6)7)35-28(40)46-31(8,9)10;1-8(6-5-7-12)11-9(13)14-10(2,3)4;9-7-5-3-1-2-4(11-3)6(5)8(10)12-7;5-3-1-2-4(6)7-3;1-2-4-5-3-1/h13-14,19-20,22-23,32H,1,11-12,15-17H2,2-10H3,(H,33,38)(H,34,35,39,40);12H,1,5-7H2,2-4H3,(H,11,13);1-6H;1-2H;1-4H. The van der Waals surface area contributed by atoms with E-state index in [4.69, 9.17) is 43.0 Å². The average molecular weight is 1190 g/mol. The highest BCUT2D eigenvalue weighted by molar-refractivity contribution is 6.05. The molecule has 6 aliphatic heterocycles. The Labute approximate surface area is 487 Å². The molecule has 3 saturated heterocycles. The molecule has 0 aliphatic carbocycles. The largest absolute Gasteiger partial charge is 0.473 e. The molecule has 3 fully saturated rings. The van der Waals surface area contributed by atoms with Crippen LogP contribution in [0.15, 0.2) is 95.2 Å². The molecular weight excluding hydrogens is 1110 g/mol. The Bertz CT molecular complexity index is 2570. The maximum atomic E-state index is 13.1. The first-order valence-electron chi connectivity index (χ1n) is 26.7. The van der Waals surface area contributed by atoms with Crippen molar-refractivity contribution in [2.45, 2.75) is 156 Å². The van der Waals surface area contributed by atoms with E-state index in [1.165, 1.54) is 0 Å². The van der Waals surface area contributed by atoms with Gasteiger partial charge in [-0.25, -0.2) is 28.8 Å². The maximum absolute atomic E-state index is 13.1. The van der Waals surface area contributed by atoms with Crippen LogP contribution in [0.5, 0.6) is 0 Å². The van der Waals surface area contributed by atoms with Gasteiger partial charge in [-0.3, -0.25) is 35.1 Å². The number of amides is 4. The van der Waals surface area contributed by atoms with Crippen molar-refractivity contribution in [2.75, 3.05) is 26.4 Å². The molecule has 6 aliphatic rings. The molecule has 464 valence electrons. The van der Waals surface area contributed by atoms with Crippen molar-refractivity contribution in [1.82, 2.24) is 21.3 Å². The van der Waals surface area contributed by atoms with Crippen LogP contribution in [0.1, 0.15) is 109 Å². The molecule has 7 heterocycles. The highest BCUT2D eigenvalue weighted by Crippen LogP contribution is 2.44. The number of hydrogen-bond donors (Lipinski definition) is 5. The zero-order chi connectivity index (χ0) is 63.2.